The van der Waals surface area contributed by atoms with Crippen LogP contribution in [0.3, 0.4) is 0 Å². The monoisotopic (exact) mass is 251 g/mol. The van der Waals surface area contributed by atoms with Crippen LogP contribution in [-0.2, 0) is 6.54 Å². The number of nitrogens with zero attached hydrogens (tertiary/aromatic N) is 1. The maximum absolute atomic E-state index is 11.9. The van der Waals surface area contributed by atoms with Crippen LogP contribution < -0.4 is 16.2 Å². The van der Waals surface area contributed by atoms with Crippen LogP contribution >= 0.6 is 0 Å². The lowest BCUT2D eigenvalue weighted by atomic mass is 10.1. The zero-order chi connectivity index (χ0) is 13.2. The predicted molar refractivity (Wildman–Crippen MR) is 50.2 cm³/mol. The summed E-state index contributed by atoms with van der Waals surface area (Å²) < 4.78 is 39.3. The van der Waals surface area contributed by atoms with Gasteiger partial charge in [-0.2, -0.15) is 0 Å². The van der Waals surface area contributed by atoms with Gasteiger partial charge in [0.05, 0.1) is 16.9 Å². The molecule has 0 atom stereocenters. The van der Waals surface area contributed by atoms with Crippen molar-refractivity contribution >= 4 is 11.7 Å². The minimum absolute atomic E-state index is 0.177. The first-order valence-corrected chi connectivity index (χ1v) is 4.23. The van der Waals surface area contributed by atoms with Crippen LogP contribution in [0.25, 0.3) is 0 Å². The van der Waals surface area contributed by atoms with Gasteiger partial charge in [0, 0.05) is 12.6 Å². The molecule has 5 N–H and O–H groups in total. The molecule has 0 amide bonds. The standard InChI is InChI=1S/C8H8F3N3O3/c9-8(10,11)17-5-1-3(7(15)16)6(13)4(2-12)14-5/h1H,2,12-13H2,(H,15,16). The second-order valence-corrected chi connectivity index (χ2v) is 2.93. The third-order valence-electron chi connectivity index (χ3n) is 1.76. The van der Waals surface area contributed by atoms with E-state index in [4.69, 9.17) is 16.6 Å². The third-order valence-corrected chi connectivity index (χ3v) is 1.76. The number of ether oxygens (including phenoxy) is 1. The van der Waals surface area contributed by atoms with Gasteiger partial charge in [-0.3, -0.25) is 0 Å². The van der Waals surface area contributed by atoms with Gasteiger partial charge in [-0.05, 0) is 0 Å². The number of hydrogen-bond donors (Lipinski definition) is 3. The molecule has 0 spiro atoms. The van der Waals surface area contributed by atoms with Crippen LogP contribution in [0, 0.1) is 0 Å². The molecule has 1 aromatic heterocycles. The van der Waals surface area contributed by atoms with Gasteiger partial charge >= 0.3 is 12.3 Å². The molecule has 0 bridgehead atoms. The van der Waals surface area contributed by atoms with Crippen LogP contribution in [0.15, 0.2) is 6.07 Å². The lowest BCUT2D eigenvalue weighted by Crippen LogP contribution is -2.20. The molecule has 17 heavy (non-hydrogen) atoms. The Labute approximate surface area is 93.0 Å². The summed E-state index contributed by atoms with van der Waals surface area (Å²) in [6.45, 7) is -0.304. The summed E-state index contributed by atoms with van der Waals surface area (Å²) in [5.74, 6) is -2.41. The summed E-state index contributed by atoms with van der Waals surface area (Å²) in [4.78, 5) is 14.1. The van der Waals surface area contributed by atoms with Crippen molar-refractivity contribution in [3.05, 3.63) is 17.3 Å². The number of halogens is 3. The first-order chi connectivity index (χ1) is 7.74. The number of alkyl halides is 3. The van der Waals surface area contributed by atoms with Gasteiger partial charge in [-0.15, -0.1) is 13.2 Å². The van der Waals surface area contributed by atoms with Gasteiger partial charge in [0.1, 0.15) is 0 Å². The Morgan fingerprint density at radius 2 is 2.12 bits per heavy atom. The maximum atomic E-state index is 11.9. The van der Waals surface area contributed by atoms with E-state index in [1.165, 1.54) is 0 Å². The number of nitrogen functional groups attached to an aromatic ring is 1. The molecule has 9 heteroatoms. The molecular weight excluding hydrogens is 243 g/mol. The predicted octanol–water partition coefficient (Wildman–Crippen LogP) is 0.719. The van der Waals surface area contributed by atoms with Gasteiger partial charge in [0.25, 0.3) is 0 Å². The Morgan fingerprint density at radius 3 is 2.53 bits per heavy atom. The molecule has 0 aliphatic heterocycles. The molecule has 94 valence electrons. The van der Waals surface area contributed by atoms with E-state index in [1.54, 1.807) is 0 Å². The quantitative estimate of drug-likeness (QED) is 0.729. The largest absolute Gasteiger partial charge is 0.574 e. The molecule has 0 fully saturated rings. The molecule has 0 aliphatic rings. The van der Waals surface area contributed by atoms with Crippen molar-refractivity contribution in [1.82, 2.24) is 4.98 Å². The van der Waals surface area contributed by atoms with Crippen molar-refractivity contribution in [2.24, 2.45) is 5.73 Å². The molecule has 0 aromatic carbocycles. The van der Waals surface area contributed by atoms with Crippen LogP contribution in [0.4, 0.5) is 18.9 Å². The average Bonchev–Trinajstić information content (AvgIpc) is 2.17. The number of carboxylic acid groups (broad SMARTS) is 1. The van der Waals surface area contributed by atoms with E-state index in [-0.39, 0.29) is 17.9 Å². The molecule has 0 saturated heterocycles. The van der Waals surface area contributed by atoms with E-state index < -0.39 is 23.8 Å². The molecule has 1 aromatic rings. The first-order valence-electron chi connectivity index (χ1n) is 4.23. The highest BCUT2D eigenvalue weighted by Gasteiger charge is 2.32. The molecule has 1 rings (SSSR count). The highest BCUT2D eigenvalue weighted by Crippen LogP contribution is 2.26. The molecule has 0 aliphatic carbocycles. The van der Waals surface area contributed by atoms with E-state index in [9.17, 15) is 18.0 Å². The number of pyridine rings is 1. The normalized spacial score (nSPS) is 11.3. The minimum Gasteiger partial charge on any atom is -0.478 e. The Hall–Kier alpha value is -2.03. The number of aromatic carboxylic acids is 1. The van der Waals surface area contributed by atoms with E-state index in [0.717, 1.165) is 0 Å². The van der Waals surface area contributed by atoms with Crippen LogP contribution in [0.5, 0.6) is 5.88 Å². The zero-order valence-corrected chi connectivity index (χ0v) is 8.28. The highest BCUT2D eigenvalue weighted by molar-refractivity contribution is 5.94. The second-order valence-electron chi connectivity index (χ2n) is 2.93. The van der Waals surface area contributed by atoms with Gasteiger partial charge in [-0.1, -0.05) is 0 Å². The number of carbonyl (C=O) groups is 1. The molecule has 0 radical (unpaired) electrons. The lowest BCUT2D eigenvalue weighted by Gasteiger charge is -2.11. The minimum atomic E-state index is -4.97. The van der Waals surface area contributed by atoms with Crippen LogP contribution in [0.1, 0.15) is 16.1 Å². The van der Waals surface area contributed by atoms with E-state index in [0.29, 0.717) is 6.07 Å². The smallest absolute Gasteiger partial charge is 0.478 e. The van der Waals surface area contributed by atoms with Crippen molar-refractivity contribution in [2.75, 3.05) is 5.73 Å². The van der Waals surface area contributed by atoms with Gasteiger partial charge < -0.3 is 21.3 Å². The first kappa shape index (κ1) is 13.0. The maximum Gasteiger partial charge on any atom is 0.574 e. The Morgan fingerprint density at radius 1 is 1.53 bits per heavy atom. The number of aromatic nitrogens is 1. The number of carboxylic acids is 1. The van der Waals surface area contributed by atoms with Gasteiger partial charge in [0.15, 0.2) is 0 Å². The number of rotatable bonds is 3. The topological polar surface area (TPSA) is 111 Å². The fraction of sp³-hybridized carbons (Fsp3) is 0.250. The fourth-order valence-electron chi connectivity index (χ4n) is 1.09. The van der Waals surface area contributed by atoms with E-state index >= 15 is 0 Å². The molecule has 6 nitrogen and oxygen atoms in total. The van der Waals surface area contributed by atoms with Gasteiger partial charge in [-0.25, -0.2) is 9.78 Å². The summed E-state index contributed by atoms with van der Waals surface area (Å²) in [6, 6.07) is 0.588. The molecule has 0 saturated carbocycles. The van der Waals surface area contributed by atoms with Crippen molar-refractivity contribution in [1.29, 1.82) is 0 Å². The summed E-state index contributed by atoms with van der Waals surface area (Å²) in [7, 11) is 0. The molecule has 0 unspecified atom stereocenters. The van der Waals surface area contributed by atoms with Crippen molar-refractivity contribution < 1.29 is 27.8 Å². The summed E-state index contributed by atoms with van der Waals surface area (Å²) in [5.41, 5.74) is 9.55. The number of hydrogen-bond acceptors (Lipinski definition) is 5. The molecular formula is C8H8F3N3O3. The Kier molecular flexibility index (Phi) is 3.42. The fourth-order valence-corrected chi connectivity index (χ4v) is 1.09. The summed E-state index contributed by atoms with van der Waals surface area (Å²) in [6.07, 6.45) is -4.97. The Bertz CT molecular complexity index is 448. The lowest BCUT2D eigenvalue weighted by molar-refractivity contribution is -0.276. The SMILES string of the molecule is NCc1nc(OC(F)(F)F)cc(C(=O)O)c1N. The second kappa shape index (κ2) is 4.45. The van der Waals surface area contributed by atoms with Gasteiger partial charge in [0.2, 0.25) is 5.88 Å². The molecule has 1 heterocycles. The summed E-state index contributed by atoms with van der Waals surface area (Å²) in [5, 5.41) is 8.72. The highest BCUT2D eigenvalue weighted by atomic mass is 19.4. The van der Waals surface area contributed by atoms with Crippen molar-refractivity contribution in [2.45, 2.75) is 12.9 Å². The van der Waals surface area contributed by atoms with Crippen molar-refractivity contribution in [3.63, 3.8) is 0 Å². The number of anilines is 1. The third kappa shape index (κ3) is 3.21. The average molecular weight is 251 g/mol. The van der Waals surface area contributed by atoms with E-state index in [2.05, 4.69) is 9.72 Å². The van der Waals surface area contributed by atoms with Crippen LogP contribution in [-0.4, -0.2) is 22.4 Å². The summed E-state index contributed by atoms with van der Waals surface area (Å²) >= 11 is 0. The number of nitrogens with two attached hydrogens (primary N) is 2. The zero-order valence-electron chi connectivity index (χ0n) is 8.28. The van der Waals surface area contributed by atoms with Crippen molar-refractivity contribution in [3.8, 4) is 5.88 Å². The van der Waals surface area contributed by atoms with Crippen LogP contribution in [0.2, 0.25) is 0 Å². The van der Waals surface area contributed by atoms with E-state index in [1.807, 2.05) is 0 Å². The Balaban J connectivity index is 3.25.